The SMILES string of the molecule is COc1cc(C2=CCNCC2)ccc1OC(C)C. The van der Waals surface area contributed by atoms with Gasteiger partial charge in [0.2, 0.25) is 0 Å². The highest BCUT2D eigenvalue weighted by molar-refractivity contribution is 5.69. The average molecular weight is 247 g/mol. The molecule has 0 aromatic heterocycles. The lowest BCUT2D eigenvalue weighted by atomic mass is 10.00. The quantitative estimate of drug-likeness (QED) is 0.887. The normalized spacial score (nSPS) is 15.4. The third-order valence-corrected chi connectivity index (χ3v) is 2.96. The summed E-state index contributed by atoms with van der Waals surface area (Å²) in [6, 6.07) is 6.17. The molecular weight excluding hydrogens is 226 g/mol. The van der Waals surface area contributed by atoms with Gasteiger partial charge in [-0.15, -0.1) is 0 Å². The van der Waals surface area contributed by atoms with Crippen molar-refractivity contribution in [1.29, 1.82) is 0 Å². The van der Waals surface area contributed by atoms with E-state index in [4.69, 9.17) is 9.47 Å². The van der Waals surface area contributed by atoms with Gasteiger partial charge in [-0.1, -0.05) is 12.1 Å². The van der Waals surface area contributed by atoms with E-state index in [9.17, 15) is 0 Å². The van der Waals surface area contributed by atoms with E-state index in [1.165, 1.54) is 11.1 Å². The Morgan fingerprint density at radius 3 is 2.67 bits per heavy atom. The maximum atomic E-state index is 5.72. The van der Waals surface area contributed by atoms with Crippen molar-refractivity contribution >= 4 is 5.57 Å². The van der Waals surface area contributed by atoms with Gasteiger partial charge in [0.1, 0.15) is 0 Å². The lowest BCUT2D eigenvalue weighted by molar-refractivity contribution is 0.230. The number of methoxy groups -OCH3 is 1. The molecule has 0 radical (unpaired) electrons. The van der Waals surface area contributed by atoms with Crippen molar-refractivity contribution in [3.05, 3.63) is 29.8 Å². The minimum atomic E-state index is 0.155. The van der Waals surface area contributed by atoms with Crippen LogP contribution in [-0.2, 0) is 0 Å². The standard InChI is InChI=1S/C15H21NO2/c1-11(2)18-14-5-4-13(10-15(14)17-3)12-6-8-16-9-7-12/h4-6,10-11,16H,7-9H2,1-3H3. The van der Waals surface area contributed by atoms with Crippen molar-refractivity contribution in [3.63, 3.8) is 0 Å². The topological polar surface area (TPSA) is 30.5 Å². The second-order valence-electron chi connectivity index (χ2n) is 4.72. The molecular formula is C15H21NO2. The maximum Gasteiger partial charge on any atom is 0.161 e. The van der Waals surface area contributed by atoms with E-state index < -0.39 is 0 Å². The summed E-state index contributed by atoms with van der Waals surface area (Å²) in [4.78, 5) is 0. The maximum absolute atomic E-state index is 5.72. The summed E-state index contributed by atoms with van der Waals surface area (Å²) in [5, 5.41) is 3.32. The van der Waals surface area contributed by atoms with Gasteiger partial charge in [-0.05, 0) is 50.1 Å². The van der Waals surface area contributed by atoms with Gasteiger partial charge < -0.3 is 14.8 Å². The van der Waals surface area contributed by atoms with E-state index in [2.05, 4.69) is 23.5 Å². The number of rotatable bonds is 4. The highest BCUT2D eigenvalue weighted by Gasteiger charge is 2.11. The number of hydrogen-bond acceptors (Lipinski definition) is 3. The second kappa shape index (κ2) is 5.91. The van der Waals surface area contributed by atoms with Crippen LogP contribution >= 0.6 is 0 Å². The van der Waals surface area contributed by atoms with E-state index in [0.29, 0.717) is 0 Å². The molecule has 0 unspecified atom stereocenters. The van der Waals surface area contributed by atoms with E-state index in [1.54, 1.807) is 7.11 Å². The van der Waals surface area contributed by atoms with Crippen LogP contribution in [0, 0.1) is 0 Å². The van der Waals surface area contributed by atoms with Gasteiger partial charge in [0.05, 0.1) is 13.2 Å². The van der Waals surface area contributed by atoms with Crippen LogP contribution in [0.1, 0.15) is 25.8 Å². The summed E-state index contributed by atoms with van der Waals surface area (Å²) in [5.41, 5.74) is 2.60. The van der Waals surface area contributed by atoms with Gasteiger partial charge in [0, 0.05) is 6.54 Å². The summed E-state index contributed by atoms with van der Waals surface area (Å²) < 4.78 is 11.1. The number of ether oxygens (including phenoxy) is 2. The minimum absolute atomic E-state index is 0.155. The van der Waals surface area contributed by atoms with E-state index in [0.717, 1.165) is 31.0 Å². The zero-order valence-electron chi connectivity index (χ0n) is 11.3. The van der Waals surface area contributed by atoms with Crippen LogP contribution in [0.3, 0.4) is 0 Å². The molecule has 0 saturated carbocycles. The van der Waals surface area contributed by atoms with Crippen LogP contribution in [0.4, 0.5) is 0 Å². The summed E-state index contributed by atoms with van der Waals surface area (Å²) in [7, 11) is 1.68. The first kappa shape index (κ1) is 13.0. The number of nitrogens with one attached hydrogen (secondary N) is 1. The van der Waals surface area contributed by atoms with Crippen molar-refractivity contribution in [2.45, 2.75) is 26.4 Å². The summed E-state index contributed by atoms with van der Waals surface area (Å²) in [6.07, 6.45) is 3.46. The van der Waals surface area contributed by atoms with Gasteiger partial charge in [-0.3, -0.25) is 0 Å². The molecule has 3 heteroatoms. The molecule has 2 rings (SSSR count). The zero-order chi connectivity index (χ0) is 13.0. The Labute approximate surface area is 109 Å². The van der Waals surface area contributed by atoms with Crippen molar-refractivity contribution in [2.24, 2.45) is 0 Å². The molecule has 0 saturated heterocycles. The molecule has 0 atom stereocenters. The highest BCUT2D eigenvalue weighted by atomic mass is 16.5. The molecule has 0 bridgehead atoms. The number of hydrogen-bond donors (Lipinski definition) is 1. The van der Waals surface area contributed by atoms with Crippen LogP contribution in [0.2, 0.25) is 0 Å². The van der Waals surface area contributed by atoms with Crippen LogP contribution in [0.25, 0.3) is 5.57 Å². The molecule has 1 N–H and O–H groups in total. The molecule has 0 spiro atoms. The van der Waals surface area contributed by atoms with Gasteiger partial charge in [-0.2, -0.15) is 0 Å². The van der Waals surface area contributed by atoms with E-state index in [1.807, 2.05) is 19.9 Å². The largest absolute Gasteiger partial charge is 0.493 e. The van der Waals surface area contributed by atoms with Gasteiger partial charge >= 0.3 is 0 Å². The predicted molar refractivity (Wildman–Crippen MR) is 74.2 cm³/mol. The first-order valence-corrected chi connectivity index (χ1v) is 6.45. The third kappa shape index (κ3) is 3.05. The fraction of sp³-hybridized carbons (Fsp3) is 0.467. The average Bonchev–Trinajstić information content (AvgIpc) is 2.39. The van der Waals surface area contributed by atoms with Crippen molar-refractivity contribution in [3.8, 4) is 11.5 Å². The van der Waals surface area contributed by atoms with Crippen LogP contribution in [0.15, 0.2) is 24.3 Å². The minimum Gasteiger partial charge on any atom is -0.493 e. The Kier molecular flexibility index (Phi) is 4.26. The van der Waals surface area contributed by atoms with Crippen molar-refractivity contribution in [1.82, 2.24) is 5.32 Å². The molecule has 0 fully saturated rings. The molecule has 1 aliphatic heterocycles. The fourth-order valence-electron chi connectivity index (χ4n) is 2.10. The molecule has 18 heavy (non-hydrogen) atoms. The fourth-order valence-corrected chi connectivity index (χ4v) is 2.10. The molecule has 1 aliphatic rings. The highest BCUT2D eigenvalue weighted by Crippen LogP contribution is 2.32. The molecule has 3 nitrogen and oxygen atoms in total. The Hall–Kier alpha value is -1.48. The van der Waals surface area contributed by atoms with Crippen LogP contribution < -0.4 is 14.8 Å². The van der Waals surface area contributed by atoms with Crippen LogP contribution in [-0.4, -0.2) is 26.3 Å². The third-order valence-electron chi connectivity index (χ3n) is 2.96. The molecule has 0 amide bonds. The Bertz CT molecular complexity index is 438. The Morgan fingerprint density at radius 2 is 2.06 bits per heavy atom. The molecule has 0 aliphatic carbocycles. The number of benzene rings is 1. The summed E-state index contributed by atoms with van der Waals surface area (Å²) >= 11 is 0. The molecule has 98 valence electrons. The van der Waals surface area contributed by atoms with E-state index in [-0.39, 0.29) is 6.10 Å². The lowest BCUT2D eigenvalue weighted by Gasteiger charge is -2.17. The van der Waals surface area contributed by atoms with Gasteiger partial charge in [0.15, 0.2) is 11.5 Å². The first-order valence-electron chi connectivity index (χ1n) is 6.45. The molecule has 1 heterocycles. The summed E-state index contributed by atoms with van der Waals surface area (Å²) in [6.45, 7) is 6.02. The lowest BCUT2D eigenvalue weighted by Crippen LogP contribution is -2.20. The Balaban J connectivity index is 2.26. The monoisotopic (exact) mass is 247 g/mol. The molecule has 1 aromatic carbocycles. The van der Waals surface area contributed by atoms with Crippen molar-refractivity contribution < 1.29 is 9.47 Å². The van der Waals surface area contributed by atoms with Crippen LogP contribution in [0.5, 0.6) is 11.5 Å². The van der Waals surface area contributed by atoms with E-state index >= 15 is 0 Å². The summed E-state index contributed by atoms with van der Waals surface area (Å²) in [5.74, 6) is 1.62. The van der Waals surface area contributed by atoms with Gasteiger partial charge in [0.25, 0.3) is 0 Å². The molecule has 1 aromatic rings. The Morgan fingerprint density at radius 1 is 1.22 bits per heavy atom. The predicted octanol–water partition coefficient (Wildman–Crippen LogP) is 2.86. The smallest absolute Gasteiger partial charge is 0.161 e. The first-order chi connectivity index (χ1) is 8.70. The second-order valence-corrected chi connectivity index (χ2v) is 4.72. The van der Waals surface area contributed by atoms with Crippen molar-refractivity contribution in [2.75, 3.05) is 20.2 Å². The zero-order valence-corrected chi connectivity index (χ0v) is 11.3. The van der Waals surface area contributed by atoms with Gasteiger partial charge in [-0.25, -0.2) is 0 Å².